The molecule has 1 heteroatoms. The molecular formula is C16H25Br. The van der Waals surface area contributed by atoms with E-state index in [4.69, 9.17) is 0 Å². The molecular weight excluding hydrogens is 272 g/mol. The van der Waals surface area contributed by atoms with Gasteiger partial charge in [0.2, 0.25) is 0 Å². The van der Waals surface area contributed by atoms with E-state index in [1.807, 2.05) is 0 Å². The van der Waals surface area contributed by atoms with E-state index in [1.54, 1.807) is 0 Å². The first-order valence-corrected chi connectivity index (χ1v) is 7.14. The molecule has 0 aliphatic carbocycles. The van der Waals surface area contributed by atoms with E-state index in [0.717, 1.165) is 4.47 Å². The van der Waals surface area contributed by atoms with Gasteiger partial charge in [0, 0.05) is 4.47 Å². The van der Waals surface area contributed by atoms with Gasteiger partial charge in [-0.15, -0.1) is 0 Å². The highest BCUT2D eigenvalue weighted by Gasteiger charge is 2.30. The lowest BCUT2D eigenvalue weighted by Crippen LogP contribution is -2.23. The van der Waals surface area contributed by atoms with Gasteiger partial charge in [0.15, 0.2) is 0 Å². The molecule has 1 aromatic rings. The van der Waals surface area contributed by atoms with E-state index in [2.05, 4.69) is 81.7 Å². The number of hydrogen-bond acceptors (Lipinski definition) is 0. The van der Waals surface area contributed by atoms with Crippen molar-refractivity contribution in [2.24, 2.45) is 10.8 Å². The van der Waals surface area contributed by atoms with Crippen LogP contribution in [0, 0.1) is 10.8 Å². The van der Waals surface area contributed by atoms with E-state index < -0.39 is 0 Å². The van der Waals surface area contributed by atoms with E-state index in [1.165, 1.54) is 12.0 Å². The first-order valence-electron chi connectivity index (χ1n) is 6.35. The molecule has 0 saturated carbocycles. The highest BCUT2D eigenvalue weighted by molar-refractivity contribution is 9.10. The summed E-state index contributed by atoms with van der Waals surface area (Å²) in [5.41, 5.74) is 2.13. The molecule has 0 aliphatic rings. The summed E-state index contributed by atoms with van der Waals surface area (Å²) in [7, 11) is 0. The Morgan fingerprint density at radius 2 is 1.41 bits per heavy atom. The third kappa shape index (κ3) is 4.83. The molecule has 0 spiro atoms. The molecule has 17 heavy (non-hydrogen) atoms. The maximum atomic E-state index is 3.51. The molecule has 1 rings (SSSR count). The topological polar surface area (TPSA) is 0 Å². The molecule has 0 saturated heterocycles. The minimum atomic E-state index is 0.307. The smallest absolute Gasteiger partial charge is 0.0175 e. The predicted octanol–water partition coefficient (Wildman–Crippen LogP) is 6.02. The van der Waals surface area contributed by atoms with Crippen molar-refractivity contribution in [1.29, 1.82) is 0 Å². The second kappa shape index (κ2) is 5.14. The Balaban J connectivity index is 3.03. The molecule has 0 aromatic heterocycles. The standard InChI is InChI=1S/C16H25Br/c1-15(2,3)11-14(16(4,5)6)12-7-9-13(17)10-8-12/h7-10,14H,11H2,1-6H3. The van der Waals surface area contributed by atoms with Gasteiger partial charge in [0.25, 0.3) is 0 Å². The highest BCUT2D eigenvalue weighted by atomic mass is 79.9. The van der Waals surface area contributed by atoms with Gasteiger partial charge in [-0.1, -0.05) is 69.6 Å². The van der Waals surface area contributed by atoms with Gasteiger partial charge in [-0.2, -0.15) is 0 Å². The zero-order valence-corrected chi connectivity index (χ0v) is 13.6. The van der Waals surface area contributed by atoms with Crippen molar-refractivity contribution in [3.63, 3.8) is 0 Å². The van der Waals surface area contributed by atoms with Crippen molar-refractivity contribution in [3.8, 4) is 0 Å². The normalized spacial score (nSPS) is 14.8. The first kappa shape index (κ1) is 14.8. The first-order chi connectivity index (χ1) is 7.59. The lowest BCUT2D eigenvalue weighted by molar-refractivity contribution is 0.229. The Bertz CT molecular complexity index is 349. The van der Waals surface area contributed by atoms with Gasteiger partial charge in [0.1, 0.15) is 0 Å². The van der Waals surface area contributed by atoms with Crippen molar-refractivity contribution in [2.75, 3.05) is 0 Å². The van der Waals surface area contributed by atoms with Crippen LogP contribution >= 0.6 is 15.9 Å². The molecule has 0 amide bonds. The molecule has 0 heterocycles. The quantitative estimate of drug-likeness (QED) is 0.626. The second-order valence-electron chi connectivity index (χ2n) is 7.23. The van der Waals surface area contributed by atoms with Crippen LogP contribution in [0.2, 0.25) is 0 Å². The van der Waals surface area contributed by atoms with Crippen LogP contribution < -0.4 is 0 Å². The van der Waals surface area contributed by atoms with Crippen LogP contribution in [0.4, 0.5) is 0 Å². The van der Waals surface area contributed by atoms with Gasteiger partial charge in [0.05, 0.1) is 0 Å². The van der Waals surface area contributed by atoms with Crippen LogP contribution in [0.15, 0.2) is 28.7 Å². The maximum absolute atomic E-state index is 3.51. The van der Waals surface area contributed by atoms with Crippen molar-refractivity contribution < 1.29 is 0 Å². The molecule has 1 unspecified atom stereocenters. The Morgan fingerprint density at radius 1 is 0.941 bits per heavy atom. The van der Waals surface area contributed by atoms with E-state index >= 15 is 0 Å². The minimum Gasteiger partial charge on any atom is -0.0602 e. The third-order valence-electron chi connectivity index (χ3n) is 3.13. The van der Waals surface area contributed by atoms with Crippen molar-refractivity contribution in [3.05, 3.63) is 34.3 Å². The number of rotatable bonds is 2. The summed E-state index contributed by atoms with van der Waals surface area (Å²) >= 11 is 3.51. The maximum Gasteiger partial charge on any atom is 0.0175 e. The Morgan fingerprint density at radius 3 is 1.76 bits per heavy atom. The summed E-state index contributed by atoms with van der Waals surface area (Å²) in [6, 6.07) is 8.81. The lowest BCUT2D eigenvalue weighted by atomic mass is 9.69. The molecule has 1 aromatic carbocycles. The summed E-state index contributed by atoms with van der Waals surface area (Å²) in [6.45, 7) is 14.0. The monoisotopic (exact) mass is 296 g/mol. The Hall–Kier alpha value is -0.300. The molecule has 0 aliphatic heterocycles. The van der Waals surface area contributed by atoms with Crippen LogP contribution in [-0.2, 0) is 0 Å². The second-order valence-corrected chi connectivity index (χ2v) is 8.15. The van der Waals surface area contributed by atoms with Crippen molar-refractivity contribution >= 4 is 15.9 Å². The summed E-state index contributed by atoms with van der Waals surface area (Å²) in [5, 5.41) is 0. The molecule has 0 nitrogen and oxygen atoms in total. The average Bonchev–Trinajstić information content (AvgIpc) is 2.13. The summed E-state index contributed by atoms with van der Waals surface area (Å²) in [4.78, 5) is 0. The molecule has 0 N–H and O–H groups in total. The molecule has 96 valence electrons. The zero-order chi connectivity index (χ0) is 13.3. The number of halogens is 1. The molecule has 0 bridgehead atoms. The van der Waals surface area contributed by atoms with E-state index in [-0.39, 0.29) is 0 Å². The van der Waals surface area contributed by atoms with Gasteiger partial charge in [-0.25, -0.2) is 0 Å². The fourth-order valence-electron chi connectivity index (χ4n) is 2.23. The summed E-state index contributed by atoms with van der Waals surface area (Å²) in [5.74, 6) is 0.607. The van der Waals surface area contributed by atoms with E-state index in [9.17, 15) is 0 Å². The van der Waals surface area contributed by atoms with Crippen LogP contribution in [-0.4, -0.2) is 0 Å². The molecule has 0 fully saturated rings. The third-order valence-corrected chi connectivity index (χ3v) is 3.66. The Labute approximate surface area is 115 Å². The molecule has 1 atom stereocenters. The van der Waals surface area contributed by atoms with Gasteiger partial charge < -0.3 is 0 Å². The number of benzene rings is 1. The Kier molecular flexibility index (Phi) is 4.46. The molecule has 0 radical (unpaired) electrons. The summed E-state index contributed by atoms with van der Waals surface area (Å²) < 4.78 is 1.16. The van der Waals surface area contributed by atoms with Gasteiger partial charge in [-0.3, -0.25) is 0 Å². The fraction of sp³-hybridized carbons (Fsp3) is 0.625. The largest absolute Gasteiger partial charge is 0.0602 e. The van der Waals surface area contributed by atoms with Crippen LogP contribution in [0.1, 0.15) is 59.4 Å². The van der Waals surface area contributed by atoms with Gasteiger partial charge >= 0.3 is 0 Å². The van der Waals surface area contributed by atoms with E-state index in [0.29, 0.717) is 16.7 Å². The van der Waals surface area contributed by atoms with Crippen LogP contribution in [0.5, 0.6) is 0 Å². The summed E-state index contributed by atoms with van der Waals surface area (Å²) in [6.07, 6.45) is 1.22. The zero-order valence-electron chi connectivity index (χ0n) is 12.0. The number of hydrogen-bond donors (Lipinski definition) is 0. The minimum absolute atomic E-state index is 0.307. The van der Waals surface area contributed by atoms with Crippen molar-refractivity contribution in [2.45, 2.75) is 53.9 Å². The highest BCUT2D eigenvalue weighted by Crippen LogP contribution is 2.43. The van der Waals surface area contributed by atoms with Gasteiger partial charge in [-0.05, 0) is 40.9 Å². The fourth-order valence-corrected chi connectivity index (χ4v) is 2.50. The average molecular weight is 297 g/mol. The van der Waals surface area contributed by atoms with Crippen molar-refractivity contribution in [1.82, 2.24) is 0 Å². The van der Waals surface area contributed by atoms with Crippen LogP contribution in [0.25, 0.3) is 0 Å². The lowest BCUT2D eigenvalue weighted by Gasteiger charge is -2.36. The predicted molar refractivity (Wildman–Crippen MR) is 80.4 cm³/mol. The SMILES string of the molecule is CC(C)(C)CC(c1ccc(Br)cc1)C(C)(C)C. The van der Waals surface area contributed by atoms with Crippen LogP contribution in [0.3, 0.4) is 0 Å².